The molecule has 18 heavy (non-hydrogen) atoms. The minimum absolute atomic E-state index is 0.0647. The first-order valence-electron chi connectivity index (χ1n) is 5.50. The Hall–Kier alpha value is -2.22. The maximum atomic E-state index is 10.7. The quantitative estimate of drug-likeness (QED) is 0.816. The predicted molar refractivity (Wildman–Crippen MR) is 57.6 cm³/mol. The minimum Gasteiger partial charge on any atom is -0.476 e. The van der Waals surface area contributed by atoms with Crippen molar-refractivity contribution >= 4 is 5.97 Å². The Morgan fingerprint density at radius 2 is 2.39 bits per heavy atom. The van der Waals surface area contributed by atoms with Crippen LogP contribution < -0.4 is 0 Å². The third-order valence-corrected chi connectivity index (χ3v) is 2.88. The van der Waals surface area contributed by atoms with Crippen molar-refractivity contribution in [1.29, 1.82) is 0 Å². The van der Waals surface area contributed by atoms with Crippen molar-refractivity contribution < 1.29 is 14.4 Å². The number of carbonyl (C=O) groups is 1. The number of rotatable bonds is 3. The van der Waals surface area contributed by atoms with Gasteiger partial charge in [-0.1, -0.05) is 5.16 Å². The molecule has 0 unspecified atom stereocenters. The van der Waals surface area contributed by atoms with Crippen molar-refractivity contribution in [2.45, 2.75) is 19.6 Å². The molecule has 0 fully saturated rings. The van der Waals surface area contributed by atoms with Gasteiger partial charge >= 0.3 is 5.97 Å². The maximum absolute atomic E-state index is 10.7. The molecule has 94 valence electrons. The highest BCUT2D eigenvalue weighted by Crippen LogP contribution is 2.13. The highest BCUT2D eigenvalue weighted by atomic mass is 16.5. The minimum atomic E-state index is -1.08. The Balaban J connectivity index is 1.68. The summed E-state index contributed by atoms with van der Waals surface area (Å²) in [5.74, 6) is 0.364. The van der Waals surface area contributed by atoms with Gasteiger partial charge in [-0.25, -0.2) is 4.79 Å². The molecule has 3 heterocycles. The zero-order valence-corrected chi connectivity index (χ0v) is 9.48. The number of carboxylic acid groups (broad SMARTS) is 1. The molecule has 8 heteroatoms. The van der Waals surface area contributed by atoms with Gasteiger partial charge in [0, 0.05) is 19.2 Å². The van der Waals surface area contributed by atoms with Gasteiger partial charge in [0.15, 0.2) is 11.5 Å². The Morgan fingerprint density at radius 1 is 1.50 bits per heavy atom. The van der Waals surface area contributed by atoms with E-state index in [9.17, 15) is 4.79 Å². The summed E-state index contributed by atoms with van der Waals surface area (Å²) in [5, 5.41) is 20.1. The van der Waals surface area contributed by atoms with Crippen LogP contribution in [0.5, 0.6) is 0 Å². The number of hydrogen-bond acceptors (Lipinski definition) is 6. The third-order valence-electron chi connectivity index (χ3n) is 2.88. The van der Waals surface area contributed by atoms with Gasteiger partial charge in [-0.2, -0.15) is 0 Å². The summed E-state index contributed by atoms with van der Waals surface area (Å²) in [6, 6.07) is 1.45. The van der Waals surface area contributed by atoms with Crippen LogP contribution in [0.3, 0.4) is 0 Å². The van der Waals surface area contributed by atoms with E-state index in [1.807, 2.05) is 4.57 Å². The molecule has 0 aromatic carbocycles. The number of hydrogen-bond donors (Lipinski definition) is 1. The molecule has 0 bridgehead atoms. The predicted octanol–water partition coefficient (Wildman–Crippen LogP) is -0.0199. The molecular formula is C10H11N5O3. The van der Waals surface area contributed by atoms with E-state index in [1.165, 1.54) is 6.07 Å². The first kappa shape index (κ1) is 10.9. The largest absolute Gasteiger partial charge is 0.476 e. The SMILES string of the molecule is O=C(O)c1cc(CN2CCn3cnnc3C2)on1. The van der Waals surface area contributed by atoms with Gasteiger partial charge in [0.2, 0.25) is 0 Å². The molecule has 2 aromatic heterocycles. The third kappa shape index (κ3) is 1.97. The van der Waals surface area contributed by atoms with E-state index < -0.39 is 5.97 Å². The number of nitrogens with zero attached hydrogens (tertiary/aromatic N) is 5. The lowest BCUT2D eigenvalue weighted by atomic mass is 10.3. The molecule has 0 amide bonds. The molecule has 2 aromatic rings. The van der Waals surface area contributed by atoms with Crippen LogP contribution in [0, 0.1) is 0 Å². The van der Waals surface area contributed by atoms with Gasteiger partial charge in [-0.3, -0.25) is 4.90 Å². The van der Waals surface area contributed by atoms with E-state index in [-0.39, 0.29) is 5.69 Å². The summed E-state index contributed by atoms with van der Waals surface area (Å²) < 4.78 is 6.98. The van der Waals surface area contributed by atoms with Crippen molar-refractivity contribution in [3.63, 3.8) is 0 Å². The second-order valence-corrected chi connectivity index (χ2v) is 4.13. The average molecular weight is 249 g/mol. The average Bonchev–Trinajstić information content (AvgIpc) is 2.96. The normalized spacial score (nSPS) is 15.6. The Labute approximate surface area is 102 Å². The topological polar surface area (TPSA) is 97.3 Å². The van der Waals surface area contributed by atoms with Crippen molar-refractivity contribution in [2.75, 3.05) is 6.54 Å². The second-order valence-electron chi connectivity index (χ2n) is 4.13. The van der Waals surface area contributed by atoms with E-state index in [2.05, 4.69) is 20.3 Å². The van der Waals surface area contributed by atoms with Gasteiger partial charge in [0.25, 0.3) is 0 Å². The zero-order chi connectivity index (χ0) is 12.5. The number of aromatic nitrogens is 4. The van der Waals surface area contributed by atoms with Crippen LogP contribution >= 0.6 is 0 Å². The van der Waals surface area contributed by atoms with E-state index in [0.29, 0.717) is 18.8 Å². The Kier molecular flexibility index (Phi) is 2.56. The van der Waals surface area contributed by atoms with Crippen LogP contribution in [0.1, 0.15) is 22.1 Å². The summed E-state index contributed by atoms with van der Waals surface area (Å²) >= 11 is 0. The van der Waals surface area contributed by atoms with E-state index in [1.54, 1.807) is 6.33 Å². The molecule has 8 nitrogen and oxygen atoms in total. The van der Waals surface area contributed by atoms with Gasteiger partial charge in [-0.05, 0) is 0 Å². The van der Waals surface area contributed by atoms with Crippen LogP contribution in [0.25, 0.3) is 0 Å². The summed E-state index contributed by atoms with van der Waals surface area (Å²) in [5.41, 5.74) is -0.0647. The number of carboxylic acids is 1. The van der Waals surface area contributed by atoms with E-state index in [0.717, 1.165) is 18.9 Å². The number of aromatic carboxylic acids is 1. The van der Waals surface area contributed by atoms with Crippen LogP contribution in [-0.2, 0) is 19.6 Å². The summed E-state index contributed by atoms with van der Waals surface area (Å²) in [6.45, 7) is 2.85. The first-order valence-corrected chi connectivity index (χ1v) is 5.50. The molecule has 0 aliphatic carbocycles. The summed E-state index contributed by atoms with van der Waals surface area (Å²) in [4.78, 5) is 12.8. The zero-order valence-electron chi connectivity index (χ0n) is 9.48. The van der Waals surface area contributed by atoms with Crippen molar-refractivity contribution in [3.05, 3.63) is 29.7 Å². The van der Waals surface area contributed by atoms with Crippen LogP contribution in [-0.4, -0.2) is 42.4 Å². The van der Waals surface area contributed by atoms with Crippen molar-refractivity contribution in [1.82, 2.24) is 24.8 Å². The molecule has 0 saturated heterocycles. The van der Waals surface area contributed by atoms with Crippen molar-refractivity contribution in [3.8, 4) is 0 Å². The molecule has 1 aliphatic heterocycles. The van der Waals surface area contributed by atoms with Gasteiger partial charge in [-0.15, -0.1) is 10.2 Å². The molecule has 0 atom stereocenters. The van der Waals surface area contributed by atoms with Crippen LogP contribution in [0.15, 0.2) is 16.9 Å². The van der Waals surface area contributed by atoms with Crippen LogP contribution in [0.2, 0.25) is 0 Å². The second kappa shape index (κ2) is 4.22. The van der Waals surface area contributed by atoms with Crippen molar-refractivity contribution in [2.24, 2.45) is 0 Å². The Bertz CT molecular complexity index is 576. The summed E-state index contributed by atoms with van der Waals surface area (Å²) in [6.07, 6.45) is 1.71. The highest BCUT2D eigenvalue weighted by Gasteiger charge is 2.19. The standard InChI is InChI=1S/C10H11N5O3/c16-10(17)8-3-7(18-13-8)4-14-1-2-15-6-11-12-9(15)5-14/h3,6H,1-2,4-5H2,(H,16,17). The smallest absolute Gasteiger partial charge is 0.358 e. The molecule has 3 rings (SSSR count). The lowest BCUT2D eigenvalue weighted by Gasteiger charge is -2.25. The molecule has 0 spiro atoms. The van der Waals surface area contributed by atoms with Gasteiger partial charge < -0.3 is 14.2 Å². The highest BCUT2D eigenvalue weighted by molar-refractivity contribution is 5.85. The summed E-state index contributed by atoms with van der Waals surface area (Å²) in [7, 11) is 0. The molecule has 0 saturated carbocycles. The number of fused-ring (bicyclic) bond motifs is 1. The fraction of sp³-hybridized carbons (Fsp3) is 0.400. The Morgan fingerprint density at radius 3 is 3.17 bits per heavy atom. The van der Waals surface area contributed by atoms with Gasteiger partial charge in [0.1, 0.15) is 12.2 Å². The molecular weight excluding hydrogens is 238 g/mol. The fourth-order valence-electron chi connectivity index (χ4n) is 1.96. The van der Waals surface area contributed by atoms with E-state index in [4.69, 9.17) is 9.63 Å². The maximum Gasteiger partial charge on any atom is 0.358 e. The lowest BCUT2D eigenvalue weighted by Crippen LogP contribution is -2.33. The lowest BCUT2D eigenvalue weighted by molar-refractivity contribution is 0.0685. The van der Waals surface area contributed by atoms with Gasteiger partial charge in [0.05, 0.1) is 13.1 Å². The molecule has 1 aliphatic rings. The molecule has 1 N–H and O–H groups in total. The van der Waals surface area contributed by atoms with E-state index >= 15 is 0 Å². The fourth-order valence-corrected chi connectivity index (χ4v) is 1.96. The monoisotopic (exact) mass is 249 g/mol. The first-order chi connectivity index (χ1) is 8.72. The molecule has 0 radical (unpaired) electrons. The van der Waals surface area contributed by atoms with Crippen LogP contribution in [0.4, 0.5) is 0 Å².